The molecule has 0 bridgehead atoms. The highest BCUT2D eigenvalue weighted by molar-refractivity contribution is 7.92. The Morgan fingerprint density at radius 1 is 0.958 bits per heavy atom. The van der Waals surface area contributed by atoms with Crippen LogP contribution < -0.4 is 15.8 Å². The highest BCUT2D eigenvalue weighted by atomic mass is 32.2. The fraction of sp³-hybridized carbons (Fsp3) is 0.125. The van der Waals surface area contributed by atoms with Gasteiger partial charge in [-0.1, -0.05) is 18.2 Å². The smallest absolute Gasteiger partial charge is 0.272 e. The van der Waals surface area contributed by atoms with E-state index in [2.05, 4.69) is 14.9 Å². The van der Waals surface area contributed by atoms with Crippen molar-refractivity contribution < 1.29 is 8.42 Å². The number of aromatic nitrogens is 2. The second-order valence-electron chi connectivity index (χ2n) is 5.51. The topological polar surface area (TPSA) is 112 Å². The average molecular weight is 345 g/mol. The van der Waals surface area contributed by atoms with Gasteiger partial charge in [0.1, 0.15) is 0 Å². The Hall–Kier alpha value is -2.87. The van der Waals surface area contributed by atoms with Gasteiger partial charge in [-0.3, -0.25) is 24.5 Å². The van der Waals surface area contributed by atoms with E-state index in [-0.39, 0.29) is 21.4 Å². The summed E-state index contributed by atoms with van der Waals surface area (Å²) >= 11 is 0. The summed E-state index contributed by atoms with van der Waals surface area (Å²) in [5.74, 6) is 0. The van der Waals surface area contributed by atoms with E-state index in [0.717, 1.165) is 5.56 Å². The van der Waals surface area contributed by atoms with Gasteiger partial charge in [-0.15, -0.1) is 0 Å². The Balaban J connectivity index is 2.20. The number of sulfonamides is 1. The molecule has 1 heterocycles. The Kier molecular flexibility index (Phi) is 3.76. The summed E-state index contributed by atoms with van der Waals surface area (Å²) in [4.78, 5) is 24.0. The van der Waals surface area contributed by atoms with Crippen LogP contribution in [0.3, 0.4) is 0 Å². The predicted octanol–water partition coefficient (Wildman–Crippen LogP) is 1.63. The second kappa shape index (κ2) is 5.64. The quantitative estimate of drug-likeness (QED) is 0.670. The number of hydrogen-bond acceptors (Lipinski definition) is 4. The lowest BCUT2D eigenvalue weighted by atomic mass is 10.1. The number of anilines is 1. The van der Waals surface area contributed by atoms with Crippen LogP contribution in [-0.4, -0.2) is 18.6 Å². The molecule has 0 unspecified atom stereocenters. The number of aryl methyl sites for hydroxylation is 2. The number of rotatable bonds is 3. The number of benzene rings is 2. The van der Waals surface area contributed by atoms with Gasteiger partial charge in [0.25, 0.3) is 21.1 Å². The summed E-state index contributed by atoms with van der Waals surface area (Å²) in [6, 6.07) is 9.50. The van der Waals surface area contributed by atoms with Gasteiger partial charge in [0.05, 0.1) is 21.4 Å². The molecule has 0 aliphatic carbocycles. The molecule has 24 heavy (non-hydrogen) atoms. The molecular formula is C16H15N3O4S. The van der Waals surface area contributed by atoms with Crippen LogP contribution in [0.4, 0.5) is 5.69 Å². The van der Waals surface area contributed by atoms with Crippen LogP contribution in [0.25, 0.3) is 10.8 Å². The lowest BCUT2D eigenvalue weighted by Crippen LogP contribution is -2.22. The highest BCUT2D eigenvalue weighted by Gasteiger charge is 2.19. The largest absolute Gasteiger partial charge is 0.279 e. The normalized spacial score (nSPS) is 11.6. The van der Waals surface area contributed by atoms with Crippen molar-refractivity contribution in [2.75, 3.05) is 4.72 Å². The SMILES string of the molecule is Cc1ccc(C)c(S(=O)(=O)Nc2cccc3c(=O)[nH][nH]c(=O)c23)c1. The van der Waals surface area contributed by atoms with E-state index in [1.54, 1.807) is 26.0 Å². The molecule has 3 aromatic rings. The van der Waals surface area contributed by atoms with Gasteiger partial charge in [0, 0.05) is 0 Å². The van der Waals surface area contributed by atoms with Gasteiger partial charge < -0.3 is 0 Å². The lowest BCUT2D eigenvalue weighted by molar-refractivity contribution is 0.600. The van der Waals surface area contributed by atoms with E-state index < -0.39 is 21.1 Å². The number of H-pyrrole nitrogens is 2. The fourth-order valence-electron chi connectivity index (χ4n) is 2.51. The second-order valence-corrected chi connectivity index (χ2v) is 7.16. The van der Waals surface area contributed by atoms with Gasteiger partial charge in [0.15, 0.2) is 0 Å². The lowest BCUT2D eigenvalue weighted by Gasteiger charge is -2.12. The van der Waals surface area contributed by atoms with Crippen molar-refractivity contribution in [3.05, 3.63) is 68.2 Å². The molecule has 2 aromatic carbocycles. The van der Waals surface area contributed by atoms with Crippen molar-refractivity contribution in [1.82, 2.24) is 10.2 Å². The average Bonchev–Trinajstić information content (AvgIpc) is 2.53. The minimum atomic E-state index is -3.90. The van der Waals surface area contributed by atoms with Gasteiger partial charge in [-0.2, -0.15) is 0 Å². The molecule has 3 N–H and O–H groups in total. The van der Waals surface area contributed by atoms with Crippen molar-refractivity contribution in [2.24, 2.45) is 0 Å². The molecule has 0 aliphatic heterocycles. The van der Waals surface area contributed by atoms with Crippen molar-refractivity contribution in [3.8, 4) is 0 Å². The van der Waals surface area contributed by atoms with Crippen LogP contribution in [0.2, 0.25) is 0 Å². The molecule has 7 nitrogen and oxygen atoms in total. The fourth-order valence-corrected chi connectivity index (χ4v) is 3.91. The maximum Gasteiger partial charge on any atom is 0.272 e. The first-order valence-corrected chi connectivity index (χ1v) is 8.62. The molecule has 0 radical (unpaired) electrons. The van der Waals surface area contributed by atoms with E-state index in [1.165, 1.54) is 18.2 Å². The van der Waals surface area contributed by atoms with Crippen LogP contribution in [0.1, 0.15) is 11.1 Å². The molecule has 124 valence electrons. The van der Waals surface area contributed by atoms with Crippen LogP contribution in [0.15, 0.2) is 50.9 Å². The number of aromatic amines is 2. The first-order valence-electron chi connectivity index (χ1n) is 7.13. The third-order valence-electron chi connectivity index (χ3n) is 3.70. The third-order valence-corrected chi connectivity index (χ3v) is 5.21. The standard InChI is InChI=1S/C16H15N3O4S/c1-9-6-7-10(2)13(8-9)24(22,23)19-12-5-3-4-11-14(12)16(21)18-17-15(11)20/h3-8,19H,1-2H3,(H,17,20)(H,18,21). The van der Waals surface area contributed by atoms with Gasteiger partial charge in [-0.25, -0.2) is 8.42 Å². The molecule has 3 rings (SSSR count). The van der Waals surface area contributed by atoms with E-state index >= 15 is 0 Å². The molecule has 0 amide bonds. The Morgan fingerprint density at radius 2 is 1.67 bits per heavy atom. The summed E-state index contributed by atoms with van der Waals surface area (Å²) in [5.41, 5.74) is 0.357. The van der Waals surface area contributed by atoms with Crippen molar-refractivity contribution >= 4 is 26.5 Å². The number of nitrogens with one attached hydrogen (secondary N) is 3. The summed E-state index contributed by atoms with van der Waals surface area (Å²) in [6.07, 6.45) is 0. The minimum Gasteiger partial charge on any atom is -0.279 e. The first-order chi connectivity index (χ1) is 11.3. The molecule has 0 saturated heterocycles. The molecule has 0 spiro atoms. The summed E-state index contributed by atoms with van der Waals surface area (Å²) in [6.45, 7) is 3.48. The Bertz CT molecular complexity index is 1160. The van der Waals surface area contributed by atoms with Crippen LogP contribution in [0, 0.1) is 13.8 Å². The maximum atomic E-state index is 12.7. The third kappa shape index (κ3) is 2.71. The van der Waals surface area contributed by atoms with E-state index in [4.69, 9.17) is 0 Å². The Morgan fingerprint density at radius 3 is 2.42 bits per heavy atom. The van der Waals surface area contributed by atoms with E-state index in [9.17, 15) is 18.0 Å². The molecule has 1 aromatic heterocycles. The van der Waals surface area contributed by atoms with Crippen LogP contribution >= 0.6 is 0 Å². The van der Waals surface area contributed by atoms with Gasteiger partial charge >= 0.3 is 0 Å². The van der Waals surface area contributed by atoms with Gasteiger partial charge in [0.2, 0.25) is 0 Å². The zero-order valence-electron chi connectivity index (χ0n) is 13.0. The summed E-state index contributed by atoms with van der Waals surface area (Å²) < 4.78 is 27.8. The van der Waals surface area contributed by atoms with Crippen molar-refractivity contribution in [3.63, 3.8) is 0 Å². The van der Waals surface area contributed by atoms with E-state index in [1.807, 2.05) is 6.07 Å². The van der Waals surface area contributed by atoms with Gasteiger partial charge in [-0.05, 0) is 43.2 Å². The first kappa shape index (κ1) is 16.0. The maximum absolute atomic E-state index is 12.7. The molecule has 0 aliphatic rings. The zero-order valence-corrected chi connectivity index (χ0v) is 13.8. The number of fused-ring (bicyclic) bond motifs is 1. The summed E-state index contributed by atoms with van der Waals surface area (Å²) in [7, 11) is -3.90. The summed E-state index contributed by atoms with van der Waals surface area (Å²) in [5, 5.41) is 4.52. The number of hydrogen-bond donors (Lipinski definition) is 3. The Labute approximate surface area is 137 Å². The predicted molar refractivity (Wildman–Crippen MR) is 91.9 cm³/mol. The molecular weight excluding hydrogens is 330 g/mol. The zero-order chi connectivity index (χ0) is 17.5. The van der Waals surface area contributed by atoms with E-state index in [0.29, 0.717) is 5.56 Å². The highest BCUT2D eigenvalue weighted by Crippen LogP contribution is 2.23. The molecule has 0 atom stereocenters. The molecule has 8 heteroatoms. The van der Waals surface area contributed by atoms with Crippen molar-refractivity contribution in [1.29, 1.82) is 0 Å². The molecule has 0 fully saturated rings. The monoisotopic (exact) mass is 345 g/mol. The molecule has 0 saturated carbocycles. The van der Waals surface area contributed by atoms with Crippen LogP contribution in [0.5, 0.6) is 0 Å². The minimum absolute atomic E-state index is 0.00451. The van der Waals surface area contributed by atoms with Crippen LogP contribution in [-0.2, 0) is 10.0 Å². The van der Waals surface area contributed by atoms with Crippen molar-refractivity contribution in [2.45, 2.75) is 18.7 Å².